The summed E-state index contributed by atoms with van der Waals surface area (Å²) in [5.41, 5.74) is 1.62. The van der Waals surface area contributed by atoms with E-state index in [1.807, 2.05) is 28.9 Å². The van der Waals surface area contributed by atoms with Crippen molar-refractivity contribution in [3.05, 3.63) is 24.3 Å². The van der Waals surface area contributed by atoms with Crippen molar-refractivity contribution in [1.82, 2.24) is 25.5 Å². The maximum absolute atomic E-state index is 12.3. The van der Waals surface area contributed by atoms with Crippen LogP contribution in [0.4, 0.5) is 5.69 Å². The maximum Gasteiger partial charge on any atom is 0.243 e. The quantitative estimate of drug-likeness (QED) is 0.855. The van der Waals surface area contributed by atoms with Gasteiger partial charge in [-0.25, -0.2) is 4.68 Å². The summed E-state index contributed by atoms with van der Waals surface area (Å²) in [4.78, 5) is 12.3. The maximum atomic E-state index is 12.3. The molecule has 0 bridgehead atoms. The van der Waals surface area contributed by atoms with E-state index in [0.717, 1.165) is 29.9 Å². The lowest BCUT2D eigenvalue weighted by atomic mass is 10.1. The number of benzene rings is 1. The Hall–Kier alpha value is -2.03. The zero-order valence-electron chi connectivity index (χ0n) is 13.0. The number of ether oxygens (including phenoxy) is 1. The minimum Gasteiger partial charge on any atom is -0.378 e. The van der Waals surface area contributed by atoms with E-state index in [0.29, 0.717) is 25.8 Å². The third-order valence-electron chi connectivity index (χ3n) is 4.01. The van der Waals surface area contributed by atoms with Gasteiger partial charge in [0.25, 0.3) is 0 Å². The van der Waals surface area contributed by atoms with Gasteiger partial charge in [-0.1, -0.05) is 12.1 Å². The summed E-state index contributed by atoms with van der Waals surface area (Å²) in [6.45, 7) is 1.73. The molecule has 2 fully saturated rings. The molecule has 4 rings (SSSR count). The van der Waals surface area contributed by atoms with Gasteiger partial charge in [-0.3, -0.25) is 4.79 Å². The summed E-state index contributed by atoms with van der Waals surface area (Å²) < 4.78 is 7.18. The molecule has 1 aliphatic carbocycles. The number of nitrogens with one attached hydrogen (secondary N) is 2. The van der Waals surface area contributed by atoms with Crippen LogP contribution in [0.15, 0.2) is 24.3 Å². The zero-order valence-corrected chi connectivity index (χ0v) is 13.8. The molecule has 24 heavy (non-hydrogen) atoms. The van der Waals surface area contributed by atoms with Gasteiger partial charge in [0.2, 0.25) is 5.91 Å². The fourth-order valence-corrected chi connectivity index (χ4v) is 2.65. The molecule has 1 amide bonds. The normalized spacial score (nSPS) is 20.2. The Labute approximate surface area is 145 Å². The second kappa shape index (κ2) is 7.25. The summed E-state index contributed by atoms with van der Waals surface area (Å²) in [6.07, 6.45) is 2.23. The number of hydrogen-bond donors (Lipinski definition) is 2. The Morgan fingerprint density at radius 3 is 3.00 bits per heavy atom. The summed E-state index contributed by atoms with van der Waals surface area (Å²) in [7, 11) is 0. The molecule has 0 radical (unpaired) electrons. The van der Waals surface area contributed by atoms with E-state index >= 15 is 0 Å². The largest absolute Gasteiger partial charge is 0.378 e. The van der Waals surface area contributed by atoms with E-state index in [-0.39, 0.29) is 24.4 Å². The van der Waals surface area contributed by atoms with Crippen LogP contribution in [0.25, 0.3) is 11.4 Å². The van der Waals surface area contributed by atoms with Gasteiger partial charge in [0, 0.05) is 17.8 Å². The molecule has 2 aliphatic rings. The molecule has 2 heterocycles. The Balaban J connectivity index is 0.00000169. The Kier molecular flexibility index (Phi) is 5.08. The molecule has 1 saturated carbocycles. The fourth-order valence-electron chi connectivity index (χ4n) is 2.65. The van der Waals surface area contributed by atoms with Gasteiger partial charge in [-0.2, -0.15) is 0 Å². The number of morpholine rings is 1. The molecule has 128 valence electrons. The minimum absolute atomic E-state index is 0. The molecule has 2 aromatic rings. The van der Waals surface area contributed by atoms with Gasteiger partial charge < -0.3 is 15.4 Å². The summed E-state index contributed by atoms with van der Waals surface area (Å²) in [6, 6.07) is 7.68. The van der Waals surface area contributed by atoms with Crippen LogP contribution >= 0.6 is 12.4 Å². The molecule has 1 unspecified atom stereocenters. The number of halogens is 1. The molecule has 2 N–H and O–H groups in total. The smallest absolute Gasteiger partial charge is 0.243 e. The van der Waals surface area contributed by atoms with Crippen molar-refractivity contribution in [1.29, 1.82) is 0 Å². The highest BCUT2D eigenvalue weighted by atomic mass is 35.5. The van der Waals surface area contributed by atoms with Gasteiger partial charge in [0.05, 0.1) is 19.3 Å². The van der Waals surface area contributed by atoms with Crippen LogP contribution in [0.2, 0.25) is 0 Å². The van der Waals surface area contributed by atoms with E-state index in [9.17, 15) is 4.79 Å². The van der Waals surface area contributed by atoms with Crippen molar-refractivity contribution in [3.8, 4) is 11.4 Å². The van der Waals surface area contributed by atoms with E-state index in [1.165, 1.54) is 0 Å². The Bertz CT molecular complexity index is 711. The van der Waals surface area contributed by atoms with Gasteiger partial charge in [-0.05, 0) is 35.4 Å². The van der Waals surface area contributed by atoms with Crippen LogP contribution in [-0.2, 0) is 9.53 Å². The second-order valence-corrected chi connectivity index (χ2v) is 5.83. The molecular formula is C15H19ClN6O2. The highest BCUT2D eigenvalue weighted by molar-refractivity contribution is 5.95. The van der Waals surface area contributed by atoms with Crippen molar-refractivity contribution in [2.75, 3.05) is 25.1 Å². The first-order valence-corrected chi connectivity index (χ1v) is 7.81. The van der Waals surface area contributed by atoms with Crippen LogP contribution in [0, 0.1) is 0 Å². The van der Waals surface area contributed by atoms with Crippen LogP contribution in [-0.4, -0.2) is 51.9 Å². The van der Waals surface area contributed by atoms with E-state index in [2.05, 4.69) is 26.2 Å². The summed E-state index contributed by atoms with van der Waals surface area (Å²) in [5, 5.41) is 18.0. The number of carbonyl (C=O) groups is 1. The third-order valence-corrected chi connectivity index (χ3v) is 4.01. The first kappa shape index (κ1) is 16.8. The lowest BCUT2D eigenvalue weighted by Crippen LogP contribution is -2.48. The number of nitrogens with zero attached hydrogens (tertiary/aromatic N) is 4. The molecule has 0 spiro atoms. The predicted octanol–water partition coefficient (Wildman–Crippen LogP) is 1.02. The van der Waals surface area contributed by atoms with Gasteiger partial charge in [-0.15, -0.1) is 17.5 Å². The van der Waals surface area contributed by atoms with Crippen LogP contribution in [0.3, 0.4) is 0 Å². The fraction of sp³-hybridized carbons (Fsp3) is 0.467. The van der Waals surface area contributed by atoms with E-state index < -0.39 is 0 Å². The van der Waals surface area contributed by atoms with E-state index in [1.54, 1.807) is 0 Å². The first-order valence-electron chi connectivity index (χ1n) is 7.81. The topological polar surface area (TPSA) is 94.0 Å². The Morgan fingerprint density at radius 1 is 1.38 bits per heavy atom. The molecule has 1 atom stereocenters. The highest BCUT2D eigenvalue weighted by Crippen LogP contribution is 2.36. The standard InChI is InChI=1S/C15H18N6O2.ClH/c22-15(13-9-23-7-6-16-13)17-11-3-1-2-10(8-11)14-18-19-20-21(14)12-4-5-12;/h1-3,8,12-13,16H,4-7,9H2,(H,17,22);1H. The lowest BCUT2D eigenvalue weighted by Gasteiger charge is -2.22. The third kappa shape index (κ3) is 3.55. The van der Waals surface area contributed by atoms with Gasteiger partial charge in [0.15, 0.2) is 5.82 Å². The number of tetrazole rings is 1. The van der Waals surface area contributed by atoms with Gasteiger partial charge >= 0.3 is 0 Å². The summed E-state index contributed by atoms with van der Waals surface area (Å²) >= 11 is 0. The molecular weight excluding hydrogens is 332 g/mol. The van der Waals surface area contributed by atoms with Crippen LogP contribution < -0.4 is 10.6 Å². The number of hydrogen-bond acceptors (Lipinski definition) is 6. The van der Waals surface area contributed by atoms with Crippen molar-refractivity contribution in [3.63, 3.8) is 0 Å². The average molecular weight is 351 g/mol. The number of anilines is 1. The number of aromatic nitrogens is 4. The highest BCUT2D eigenvalue weighted by Gasteiger charge is 2.28. The SMILES string of the molecule is Cl.O=C(Nc1cccc(-c2nnnn2C2CC2)c1)C1COCCN1. The first-order chi connectivity index (χ1) is 11.3. The second-order valence-electron chi connectivity index (χ2n) is 5.83. The minimum atomic E-state index is -0.316. The average Bonchev–Trinajstić information content (AvgIpc) is 3.32. The summed E-state index contributed by atoms with van der Waals surface area (Å²) in [5.74, 6) is 0.645. The molecule has 1 saturated heterocycles. The number of rotatable bonds is 4. The molecule has 1 aromatic carbocycles. The monoisotopic (exact) mass is 350 g/mol. The molecule has 8 nitrogen and oxygen atoms in total. The number of carbonyl (C=O) groups excluding carboxylic acids is 1. The van der Waals surface area contributed by atoms with Crippen molar-refractivity contribution >= 4 is 24.0 Å². The van der Waals surface area contributed by atoms with Crippen LogP contribution in [0.1, 0.15) is 18.9 Å². The lowest BCUT2D eigenvalue weighted by molar-refractivity contribution is -0.120. The zero-order chi connectivity index (χ0) is 15.6. The molecule has 9 heteroatoms. The van der Waals surface area contributed by atoms with Crippen molar-refractivity contribution in [2.24, 2.45) is 0 Å². The molecule has 1 aromatic heterocycles. The Morgan fingerprint density at radius 2 is 2.25 bits per heavy atom. The predicted molar refractivity (Wildman–Crippen MR) is 90.0 cm³/mol. The van der Waals surface area contributed by atoms with Gasteiger partial charge in [0.1, 0.15) is 6.04 Å². The van der Waals surface area contributed by atoms with Crippen molar-refractivity contribution < 1.29 is 9.53 Å². The van der Waals surface area contributed by atoms with Crippen molar-refractivity contribution in [2.45, 2.75) is 24.9 Å². The van der Waals surface area contributed by atoms with Crippen LogP contribution in [0.5, 0.6) is 0 Å². The van der Waals surface area contributed by atoms with E-state index in [4.69, 9.17) is 4.74 Å². The number of amides is 1. The molecule has 1 aliphatic heterocycles.